The van der Waals surface area contributed by atoms with Crippen molar-refractivity contribution in [2.75, 3.05) is 11.9 Å². The standard InChI is InChI=1S/C17H14F2N2O3/c1-9(10-2-4-12(18)13(19)6-10)20-17(23)11-3-5-14-15(7-11)24-8-16(22)21-14/h2-7,9H,8H2,1H3,(H,20,23)(H,21,22)/t9-/m1/s1. The first kappa shape index (κ1) is 15.9. The third-order valence-corrected chi connectivity index (χ3v) is 3.67. The van der Waals surface area contributed by atoms with Crippen LogP contribution in [0.4, 0.5) is 14.5 Å². The molecule has 1 heterocycles. The molecule has 5 nitrogen and oxygen atoms in total. The van der Waals surface area contributed by atoms with Crippen LogP contribution in [0.15, 0.2) is 36.4 Å². The maximum atomic E-state index is 13.3. The molecule has 124 valence electrons. The van der Waals surface area contributed by atoms with Crippen molar-refractivity contribution in [3.8, 4) is 5.75 Å². The molecule has 3 rings (SSSR count). The largest absolute Gasteiger partial charge is 0.482 e. The van der Waals surface area contributed by atoms with Crippen molar-refractivity contribution < 1.29 is 23.1 Å². The quantitative estimate of drug-likeness (QED) is 0.908. The van der Waals surface area contributed by atoms with Gasteiger partial charge in [-0.2, -0.15) is 0 Å². The number of nitrogens with one attached hydrogen (secondary N) is 2. The Balaban J connectivity index is 1.74. The molecule has 2 aromatic carbocycles. The number of carbonyl (C=O) groups is 2. The summed E-state index contributed by atoms with van der Waals surface area (Å²) < 4.78 is 31.5. The molecule has 2 N–H and O–H groups in total. The molecule has 0 unspecified atom stereocenters. The van der Waals surface area contributed by atoms with Gasteiger partial charge < -0.3 is 15.4 Å². The van der Waals surface area contributed by atoms with E-state index in [0.29, 0.717) is 22.6 Å². The molecule has 0 saturated carbocycles. The van der Waals surface area contributed by atoms with Gasteiger partial charge in [0.15, 0.2) is 18.2 Å². The van der Waals surface area contributed by atoms with Gasteiger partial charge in [0.25, 0.3) is 11.8 Å². The van der Waals surface area contributed by atoms with E-state index in [9.17, 15) is 18.4 Å². The van der Waals surface area contributed by atoms with E-state index in [-0.39, 0.29) is 12.5 Å². The van der Waals surface area contributed by atoms with Crippen LogP contribution in [-0.4, -0.2) is 18.4 Å². The van der Waals surface area contributed by atoms with Crippen LogP contribution >= 0.6 is 0 Å². The van der Waals surface area contributed by atoms with Crippen molar-refractivity contribution >= 4 is 17.5 Å². The van der Waals surface area contributed by atoms with Gasteiger partial charge in [-0.25, -0.2) is 8.78 Å². The van der Waals surface area contributed by atoms with Crippen molar-refractivity contribution in [3.05, 3.63) is 59.2 Å². The number of hydrogen-bond donors (Lipinski definition) is 2. The first-order chi connectivity index (χ1) is 11.4. The Bertz CT molecular complexity index is 823. The monoisotopic (exact) mass is 332 g/mol. The molecule has 7 heteroatoms. The average molecular weight is 332 g/mol. The zero-order valence-corrected chi connectivity index (χ0v) is 12.7. The van der Waals surface area contributed by atoms with Gasteiger partial charge in [-0.05, 0) is 42.8 Å². The summed E-state index contributed by atoms with van der Waals surface area (Å²) in [6.07, 6.45) is 0. The van der Waals surface area contributed by atoms with E-state index in [1.807, 2.05) is 0 Å². The maximum absolute atomic E-state index is 13.3. The molecule has 0 spiro atoms. The van der Waals surface area contributed by atoms with Gasteiger partial charge in [0.1, 0.15) is 5.75 Å². The molecular weight excluding hydrogens is 318 g/mol. The highest BCUT2D eigenvalue weighted by Crippen LogP contribution is 2.28. The van der Waals surface area contributed by atoms with Gasteiger partial charge in [0.2, 0.25) is 0 Å². The zero-order valence-electron chi connectivity index (χ0n) is 12.7. The van der Waals surface area contributed by atoms with Crippen LogP contribution in [0.1, 0.15) is 28.9 Å². The van der Waals surface area contributed by atoms with Gasteiger partial charge in [0.05, 0.1) is 11.7 Å². The molecule has 0 saturated heterocycles. The second kappa shape index (κ2) is 6.27. The smallest absolute Gasteiger partial charge is 0.262 e. The van der Waals surface area contributed by atoms with E-state index < -0.39 is 23.6 Å². The summed E-state index contributed by atoms with van der Waals surface area (Å²) in [4.78, 5) is 23.5. The molecule has 2 amide bonds. The van der Waals surface area contributed by atoms with E-state index in [1.54, 1.807) is 19.1 Å². The fourth-order valence-corrected chi connectivity index (χ4v) is 2.36. The first-order valence-electron chi connectivity index (χ1n) is 7.26. The summed E-state index contributed by atoms with van der Waals surface area (Å²) in [5.41, 5.74) is 1.28. The Morgan fingerprint density at radius 1 is 1.21 bits per heavy atom. The Morgan fingerprint density at radius 3 is 2.75 bits per heavy atom. The lowest BCUT2D eigenvalue weighted by atomic mass is 10.1. The van der Waals surface area contributed by atoms with Crippen molar-refractivity contribution in [3.63, 3.8) is 0 Å². The third-order valence-electron chi connectivity index (χ3n) is 3.67. The normalized spacial score (nSPS) is 14.2. The maximum Gasteiger partial charge on any atom is 0.262 e. The van der Waals surface area contributed by atoms with Crippen LogP contribution in [0.5, 0.6) is 5.75 Å². The van der Waals surface area contributed by atoms with Gasteiger partial charge >= 0.3 is 0 Å². The Kier molecular flexibility index (Phi) is 4.16. The predicted molar refractivity (Wildman–Crippen MR) is 82.8 cm³/mol. The molecule has 0 radical (unpaired) electrons. The summed E-state index contributed by atoms with van der Waals surface area (Å²) in [5.74, 6) is -2.15. The van der Waals surface area contributed by atoms with Crippen molar-refractivity contribution in [2.45, 2.75) is 13.0 Å². The topological polar surface area (TPSA) is 67.4 Å². The van der Waals surface area contributed by atoms with E-state index in [2.05, 4.69) is 10.6 Å². The van der Waals surface area contributed by atoms with E-state index in [4.69, 9.17) is 4.74 Å². The number of amides is 2. The fourth-order valence-electron chi connectivity index (χ4n) is 2.36. The number of ether oxygens (including phenoxy) is 1. The number of benzene rings is 2. The molecule has 0 fully saturated rings. The number of halogens is 2. The van der Waals surface area contributed by atoms with E-state index >= 15 is 0 Å². The van der Waals surface area contributed by atoms with Crippen molar-refractivity contribution in [1.82, 2.24) is 5.32 Å². The minimum Gasteiger partial charge on any atom is -0.482 e. The van der Waals surface area contributed by atoms with E-state index in [0.717, 1.165) is 12.1 Å². The van der Waals surface area contributed by atoms with Crippen LogP contribution in [0.25, 0.3) is 0 Å². The lowest BCUT2D eigenvalue weighted by Gasteiger charge is -2.19. The highest BCUT2D eigenvalue weighted by Gasteiger charge is 2.19. The highest BCUT2D eigenvalue weighted by molar-refractivity contribution is 5.99. The van der Waals surface area contributed by atoms with Crippen LogP contribution in [0.2, 0.25) is 0 Å². The number of hydrogen-bond acceptors (Lipinski definition) is 3. The predicted octanol–water partition coefficient (Wildman–Crippen LogP) is 2.79. The van der Waals surface area contributed by atoms with Gasteiger partial charge in [-0.15, -0.1) is 0 Å². The third kappa shape index (κ3) is 3.19. The summed E-state index contributed by atoms with van der Waals surface area (Å²) >= 11 is 0. The number of carbonyl (C=O) groups excluding carboxylic acids is 2. The number of anilines is 1. The van der Waals surface area contributed by atoms with Gasteiger partial charge in [0, 0.05) is 5.56 Å². The second-order valence-electron chi connectivity index (χ2n) is 5.42. The van der Waals surface area contributed by atoms with Crippen LogP contribution in [-0.2, 0) is 4.79 Å². The minimum atomic E-state index is -0.966. The summed E-state index contributed by atoms with van der Waals surface area (Å²) in [7, 11) is 0. The Labute approximate surface area is 136 Å². The van der Waals surface area contributed by atoms with Gasteiger partial charge in [-0.1, -0.05) is 6.07 Å². The van der Waals surface area contributed by atoms with Crippen molar-refractivity contribution in [2.24, 2.45) is 0 Å². The van der Waals surface area contributed by atoms with Gasteiger partial charge in [-0.3, -0.25) is 9.59 Å². The van der Waals surface area contributed by atoms with Crippen LogP contribution in [0, 0.1) is 11.6 Å². The average Bonchev–Trinajstić information content (AvgIpc) is 2.56. The van der Waals surface area contributed by atoms with Crippen LogP contribution < -0.4 is 15.4 Å². The lowest BCUT2D eigenvalue weighted by molar-refractivity contribution is -0.118. The molecule has 0 aliphatic carbocycles. The lowest BCUT2D eigenvalue weighted by Crippen LogP contribution is -2.28. The zero-order chi connectivity index (χ0) is 17.3. The molecule has 0 bridgehead atoms. The van der Waals surface area contributed by atoms with E-state index in [1.165, 1.54) is 12.1 Å². The van der Waals surface area contributed by atoms with Crippen molar-refractivity contribution in [1.29, 1.82) is 0 Å². The number of fused-ring (bicyclic) bond motifs is 1. The molecule has 1 aliphatic rings. The van der Waals surface area contributed by atoms with Crippen LogP contribution in [0.3, 0.4) is 0 Å². The first-order valence-corrected chi connectivity index (χ1v) is 7.26. The Morgan fingerprint density at radius 2 is 2.00 bits per heavy atom. The molecule has 1 aliphatic heterocycles. The molecular formula is C17H14F2N2O3. The summed E-state index contributed by atoms with van der Waals surface area (Å²) in [6.45, 7) is 1.56. The fraction of sp³-hybridized carbons (Fsp3) is 0.176. The molecule has 2 aromatic rings. The molecule has 1 atom stereocenters. The number of rotatable bonds is 3. The Hall–Kier alpha value is -2.96. The summed E-state index contributed by atoms with van der Waals surface area (Å²) in [5, 5.41) is 5.34. The molecule has 24 heavy (non-hydrogen) atoms. The minimum absolute atomic E-state index is 0.108. The molecule has 0 aromatic heterocycles. The highest BCUT2D eigenvalue weighted by atomic mass is 19.2. The second-order valence-corrected chi connectivity index (χ2v) is 5.42. The SMILES string of the molecule is C[C@@H](NC(=O)c1ccc2c(c1)OCC(=O)N2)c1ccc(F)c(F)c1. The summed E-state index contributed by atoms with van der Waals surface area (Å²) in [6, 6.07) is 7.60.